The van der Waals surface area contributed by atoms with E-state index in [1.807, 2.05) is 91.0 Å². The van der Waals surface area contributed by atoms with Gasteiger partial charge in [0, 0.05) is 58.2 Å². The van der Waals surface area contributed by atoms with Gasteiger partial charge in [0.25, 0.3) is 0 Å². The van der Waals surface area contributed by atoms with Crippen LogP contribution in [-0.4, -0.2) is 78.9 Å². The molecule has 606 valence electrons. The number of nitrogens with one attached hydrogen (secondary N) is 6. The van der Waals surface area contributed by atoms with E-state index in [0.29, 0.717) is 75.4 Å². The first-order chi connectivity index (χ1) is 53.9. The van der Waals surface area contributed by atoms with Crippen molar-refractivity contribution in [2.75, 3.05) is 60.8 Å². The van der Waals surface area contributed by atoms with Crippen LogP contribution < -0.4 is 60.3 Å². The molecule has 15 nitrogen and oxygen atoms in total. The third-order valence-corrected chi connectivity index (χ3v) is 21.3. The summed E-state index contributed by atoms with van der Waals surface area (Å²) in [6, 6.07) is 56.5. The number of hydrogen-bond donors (Lipinski definition) is 6. The average molecular weight is 1540 g/mol. The number of hydrogen-bond acceptors (Lipinski definition) is 9. The Labute approximate surface area is 680 Å². The maximum atomic E-state index is 13.6. The molecule has 0 spiro atoms. The summed E-state index contributed by atoms with van der Waals surface area (Å²) in [7, 11) is 5.33. The van der Waals surface area contributed by atoms with Crippen LogP contribution in [0.5, 0.6) is 34.5 Å². The molecule has 9 aromatic rings. The van der Waals surface area contributed by atoms with Crippen LogP contribution in [0.1, 0.15) is 241 Å². The number of methoxy groups -OCH3 is 3. The van der Waals surface area contributed by atoms with Crippen LogP contribution in [0.3, 0.4) is 0 Å². The van der Waals surface area contributed by atoms with Crippen LogP contribution in [0.4, 0.5) is 14.4 Å². The highest BCUT2D eigenvalue weighted by Crippen LogP contribution is 2.46. The standard InChI is InChI=1S/C99H126N6O9/c1-94(2,3)79-49-67-43-73-55-82(97(10,11)12)57-75(88(73)112-40-37-100-91(106)103-61-64-31-25-22-26-32-64)45-69-51-80(95(4,5)6)53-71(86(69)110-20)47-77-59-84(99(16,17)18)60-78(90(77)114-42-39-102-93(108)105-63-66-35-29-24-30-36-66)48-72-54-81(96(7,8)9)52-70(87(72)111-21)46-76-58-83(98(13,14)15)56-74(44-68(50-79)85(67)109-19)89(76)113-41-38-101-92(107)104-62-65-33-27-23-28-34-65/h22-36,49-60H,37-48,61-63H2,1-21H3,(H2,100,103,106)(H2,101,104,107)(H2,102,105,108). The van der Waals surface area contributed by atoms with Crippen molar-refractivity contribution in [2.24, 2.45) is 0 Å². The molecule has 10 rings (SSSR count). The molecule has 0 atom stereocenters. The minimum atomic E-state index is -0.325. The van der Waals surface area contributed by atoms with Gasteiger partial charge in [-0.2, -0.15) is 0 Å². The zero-order valence-corrected chi connectivity index (χ0v) is 71.9. The molecule has 0 radical (unpaired) electrons. The van der Waals surface area contributed by atoms with E-state index < -0.39 is 0 Å². The molecule has 15 heteroatoms. The van der Waals surface area contributed by atoms with E-state index in [-0.39, 0.29) is 90.0 Å². The Balaban J connectivity index is 1.23. The first kappa shape index (κ1) is 86.0. The van der Waals surface area contributed by atoms with Crippen molar-refractivity contribution < 1.29 is 42.8 Å². The van der Waals surface area contributed by atoms with E-state index in [2.05, 4.69) is 229 Å². The number of ether oxygens (including phenoxy) is 6. The Bertz CT molecular complexity index is 4190. The van der Waals surface area contributed by atoms with E-state index in [1.54, 1.807) is 21.3 Å². The van der Waals surface area contributed by atoms with Crippen molar-refractivity contribution in [1.29, 1.82) is 0 Å². The Morgan fingerprint density at radius 2 is 0.421 bits per heavy atom. The lowest BCUT2D eigenvalue weighted by atomic mass is 9.79. The van der Waals surface area contributed by atoms with E-state index in [1.165, 1.54) is 0 Å². The van der Waals surface area contributed by atoms with Crippen molar-refractivity contribution in [3.8, 4) is 34.5 Å². The third-order valence-electron chi connectivity index (χ3n) is 21.3. The molecule has 0 aromatic heterocycles. The summed E-state index contributed by atoms with van der Waals surface area (Å²) in [5, 5.41) is 18.4. The summed E-state index contributed by atoms with van der Waals surface area (Å²) < 4.78 is 42.5. The summed E-state index contributed by atoms with van der Waals surface area (Å²) in [6.07, 6.45) is 2.53. The molecule has 1 aliphatic carbocycles. The molecule has 12 bridgehead atoms. The number of carbonyl (C=O) groups excluding carboxylic acids is 3. The largest absolute Gasteiger partial charge is 0.496 e. The maximum absolute atomic E-state index is 13.6. The van der Waals surface area contributed by atoms with Gasteiger partial charge in [-0.05, 0) is 149 Å². The van der Waals surface area contributed by atoms with Gasteiger partial charge in [-0.3, -0.25) is 0 Å². The zero-order valence-electron chi connectivity index (χ0n) is 71.9. The first-order valence-corrected chi connectivity index (χ1v) is 40.5. The molecule has 0 aliphatic heterocycles. The Kier molecular flexibility index (Phi) is 27.8. The fourth-order valence-electron chi connectivity index (χ4n) is 14.7. The van der Waals surface area contributed by atoms with E-state index >= 15 is 0 Å². The van der Waals surface area contributed by atoms with Crippen LogP contribution in [0.2, 0.25) is 0 Å². The molecule has 114 heavy (non-hydrogen) atoms. The first-order valence-electron chi connectivity index (χ1n) is 40.5. The zero-order chi connectivity index (χ0) is 82.5. The highest BCUT2D eigenvalue weighted by atomic mass is 16.5. The number of rotatable bonds is 21. The second kappa shape index (κ2) is 36.8. The van der Waals surface area contributed by atoms with Crippen molar-refractivity contribution in [3.05, 3.63) is 281 Å². The molecule has 9 aromatic carbocycles. The summed E-state index contributed by atoms with van der Waals surface area (Å²) in [5.74, 6) is 4.41. The quantitative estimate of drug-likeness (QED) is 0.0382. The number of amides is 6. The molecule has 0 saturated carbocycles. The molecule has 6 N–H and O–H groups in total. The van der Waals surface area contributed by atoms with Crippen LogP contribution >= 0.6 is 0 Å². The second-order valence-electron chi connectivity index (χ2n) is 36.7. The topological polar surface area (TPSA) is 179 Å². The van der Waals surface area contributed by atoms with Crippen molar-refractivity contribution >= 4 is 18.1 Å². The smallest absolute Gasteiger partial charge is 0.315 e. The summed E-state index contributed by atoms with van der Waals surface area (Å²) in [6.45, 7) is 43.0. The van der Waals surface area contributed by atoms with Gasteiger partial charge in [-0.15, -0.1) is 0 Å². The van der Waals surface area contributed by atoms with Gasteiger partial charge >= 0.3 is 18.1 Å². The molecule has 0 unspecified atom stereocenters. The molecule has 0 fully saturated rings. The van der Waals surface area contributed by atoms with Gasteiger partial charge in [0.2, 0.25) is 0 Å². The Morgan fingerprint density at radius 3 is 0.579 bits per heavy atom. The Hall–Kier alpha value is -10.4. The number of carbonyl (C=O) groups is 3. The van der Waals surface area contributed by atoms with Crippen LogP contribution in [0.25, 0.3) is 0 Å². The second-order valence-corrected chi connectivity index (χ2v) is 36.7. The lowest BCUT2D eigenvalue weighted by Gasteiger charge is -2.29. The van der Waals surface area contributed by atoms with E-state index in [9.17, 15) is 14.4 Å². The van der Waals surface area contributed by atoms with Gasteiger partial charge in [0.15, 0.2) is 0 Å². The minimum absolute atomic E-state index is 0.168. The van der Waals surface area contributed by atoms with Gasteiger partial charge in [0.05, 0.1) is 41.0 Å². The Morgan fingerprint density at radius 1 is 0.254 bits per heavy atom. The highest BCUT2D eigenvalue weighted by molar-refractivity contribution is 5.75. The van der Waals surface area contributed by atoms with Crippen LogP contribution in [0, 0.1) is 0 Å². The number of fused-ring (bicyclic) bond motifs is 12. The van der Waals surface area contributed by atoms with Crippen LogP contribution in [0.15, 0.2) is 164 Å². The summed E-state index contributed by atoms with van der Waals surface area (Å²) in [5.41, 5.74) is 19.5. The summed E-state index contributed by atoms with van der Waals surface area (Å²) in [4.78, 5) is 40.8. The molecule has 6 amide bonds. The van der Waals surface area contributed by atoms with Gasteiger partial charge < -0.3 is 60.3 Å². The highest BCUT2D eigenvalue weighted by Gasteiger charge is 2.32. The van der Waals surface area contributed by atoms with Crippen LogP contribution in [-0.2, 0) is 90.6 Å². The van der Waals surface area contributed by atoms with E-state index in [0.717, 1.165) is 134 Å². The lowest BCUT2D eigenvalue weighted by Crippen LogP contribution is -2.37. The summed E-state index contributed by atoms with van der Waals surface area (Å²) >= 11 is 0. The van der Waals surface area contributed by atoms with Gasteiger partial charge in [-0.1, -0.05) is 288 Å². The van der Waals surface area contributed by atoms with Gasteiger partial charge in [-0.25, -0.2) is 14.4 Å². The average Bonchev–Trinajstić information content (AvgIpc) is 0.768. The number of urea groups is 3. The molecule has 0 heterocycles. The minimum Gasteiger partial charge on any atom is -0.496 e. The van der Waals surface area contributed by atoms with Crippen molar-refractivity contribution in [1.82, 2.24) is 31.9 Å². The monoisotopic (exact) mass is 1540 g/mol. The fraction of sp³-hybridized carbons (Fsp3) is 0.424. The maximum Gasteiger partial charge on any atom is 0.315 e. The lowest BCUT2D eigenvalue weighted by molar-refractivity contribution is 0.235. The molecule has 0 saturated heterocycles. The molecule has 1 aliphatic rings. The SMILES string of the molecule is COc1c2cc(C(C)(C)C)cc1Cc1cc(C(C)(C)C)cc(c1OCCNC(=O)NCc1ccccc1)Cc1cc(C(C)(C)C)cc(c1OC)Cc1cc(C(C)(C)C)cc(c1OCCNC(=O)NCc1ccccc1)Cc1cc(C(C)(C)C)cc(c1OC)Cc1cc(C(C)(C)C)cc(c1OCCNC(=O)NCc1ccccc1)C2. The molecular formula is C99H126N6O9. The van der Waals surface area contributed by atoms with E-state index in [4.69, 9.17) is 28.4 Å². The fourth-order valence-corrected chi connectivity index (χ4v) is 14.7. The predicted octanol–water partition coefficient (Wildman–Crippen LogP) is 20.0. The van der Waals surface area contributed by atoms with Crippen molar-refractivity contribution in [3.63, 3.8) is 0 Å². The normalized spacial score (nSPS) is 12.8. The third kappa shape index (κ3) is 23.0. The predicted molar refractivity (Wildman–Crippen MR) is 464 cm³/mol. The number of benzene rings is 9. The molecular weight excluding hydrogens is 1420 g/mol. The van der Waals surface area contributed by atoms with Crippen molar-refractivity contribution in [2.45, 2.75) is 215 Å². The van der Waals surface area contributed by atoms with Gasteiger partial charge in [0.1, 0.15) is 54.3 Å².